The van der Waals surface area contributed by atoms with Gasteiger partial charge in [-0.2, -0.15) is 0 Å². The van der Waals surface area contributed by atoms with Crippen LogP contribution in [0.25, 0.3) is 0 Å². The van der Waals surface area contributed by atoms with Crippen LogP contribution in [0.1, 0.15) is 27.1 Å². The highest BCUT2D eigenvalue weighted by atomic mass is 19.1. The van der Waals surface area contributed by atoms with Gasteiger partial charge in [0.1, 0.15) is 6.17 Å². The van der Waals surface area contributed by atoms with Crippen molar-refractivity contribution in [2.24, 2.45) is 5.92 Å². The van der Waals surface area contributed by atoms with Gasteiger partial charge in [-0.25, -0.2) is 9.18 Å². The molecule has 0 unspecified atom stereocenters. The van der Waals surface area contributed by atoms with Crippen LogP contribution in [0, 0.1) is 5.92 Å². The first-order valence-corrected chi connectivity index (χ1v) is 5.43. The molecule has 1 aliphatic heterocycles. The van der Waals surface area contributed by atoms with E-state index in [1.807, 2.05) is 0 Å². The molecule has 3 rings (SSSR count). The minimum absolute atomic E-state index is 0.0853. The van der Waals surface area contributed by atoms with Crippen LogP contribution >= 0.6 is 0 Å². The van der Waals surface area contributed by atoms with Crippen LogP contribution in [0.2, 0.25) is 0 Å². The number of carbonyl (C=O) groups excluding carboxylic acids is 3. The third-order valence-corrected chi connectivity index (χ3v) is 2.95. The lowest BCUT2D eigenvalue weighted by atomic mass is 10.1. The van der Waals surface area contributed by atoms with Crippen molar-refractivity contribution < 1.29 is 23.6 Å². The van der Waals surface area contributed by atoms with E-state index in [4.69, 9.17) is 0 Å². The summed E-state index contributed by atoms with van der Waals surface area (Å²) in [5.41, 5.74) is 0.366. The van der Waals surface area contributed by atoms with E-state index in [2.05, 4.69) is 4.84 Å². The number of fused-ring (bicyclic) bond motifs is 1. The highest BCUT2D eigenvalue weighted by Crippen LogP contribution is 2.35. The van der Waals surface area contributed by atoms with Crippen molar-refractivity contribution in [2.75, 3.05) is 0 Å². The van der Waals surface area contributed by atoms with Crippen molar-refractivity contribution >= 4 is 17.8 Å². The van der Waals surface area contributed by atoms with Crippen molar-refractivity contribution in [3.8, 4) is 0 Å². The molecule has 0 saturated heterocycles. The lowest BCUT2D eigenvalue weighted by Crippen LogP contribution is -2.33. The van der Waals surface area contributed by atoms with Gasteiger partial charge < -0.3 is 4.84 Å². The lowest BCUT2D eigenvalue weighted by Gasteiger charge is -2.11. The summed E-state index contributed by atoms with van der Waals surface area (Å²) in [6, 6.07) is 6.15. The van der Waals surface area contributed by atoms with Gasteiger partial charge in [0.05, 0.1) is 17.0 Å². The Kier molecular flexibility index (Phi) is 2.19. The fourth-order valence-electron chi connectivity index (χ4n) is 1.82. The molecular formula is C12H8FNO4. The highest BCUT2D eigenvalue weighted by molar-refractivity contribution is 6.20. The van der Waals surface area contributed by atoms with E-state index >= 15 is 0 Å². The lowest BCUT2D eigenvalue weighted by molar-refractivity contribution is -0.170. The number of nitrogens with zero attached hydrogens (tertiary/aromatic N) is 1. The summed E-state index contributed by atoms with van der Waals surface area (Å²) in [4.78, 5) is 39.7. The Balaban J connectivity index is 1.82. The topological polar surface area (TPSA) is 63.7 Å². The van der Waals surface area contributed by atoms with Crippen molar-refractivity contribution in [3.05, 3.63) is 35.4 Å². The molecule has 18 heavy (non-hydrogen) atoms. The van der Waals surface area contributed by atoms with E-state index in [1.165, 1.54) is 12.1 Å². The van der Waals surface area contributed by atoms with Crippen molar-refractivity contribution in [1.82, 2.24) is 5.06 Å². The molecule has 6 heteroatoms. The number of halogens is 1. The molecule has 0 aromatic heterocycles. The quantitative estimate of drug-likeness (QED) is 0.736. The Morgan fingerprint density at radius 2 is 1.72 bits per heavy atom. The number of benzene rings is 1. The summed E-state index contributed by atoms with van der Waals surface area (Å²) >= 11 is 0. The van der Waals surface area contributed by atoms with E-state index < -0.39 is 29.9 Å². The van der Waals surface area contributed by atoms with Crippen LogP contribution in [0.5, 0.6) is 0 Å². The van der Waals surface area contributed by atoms with Crippen molar-refractivity contribution in [2.45, 2.75) is 12.6 Å². The maximum absolute atomic E-state index is 12.7. The van der Waals surface area contributed by atoms with Crippen molar-refractivity contribution in [1.29, 1.82) is 0 Å². The van der Waals surface area contributed by atoms with Gasteiger partial charge in [0.25, 0.3) is 11.8 Å². The van der Waals surface area contributed by atoms with Gasteiger partial charge in [-0.3, -0.25) is 9.59 Å². The first-order chi connectivity index (χ1) is 8.59. The molecule has 2 amide bonds. The summed E-state index contributed by atoms with van der Waals surface area (Å²) in [6.45, 7) is 0. The number of carbonyl (C=O) groups is 3. The number of amides is 2. The molecule has 0 N–H and O–H groups in total. The summed E-state index contributed by atoms with van der Waals surface area (Å²) in [7, 11) is 0. The predicted octanol–water partition coefficient (Wildman–Crippen LogP) is 1.10. The third-order valence-electron chi connectivity index (χ3n) is 2.95. The zero-order chi connectivity index (χ0) is 12.9. The molecule has 1 saturated carbocycles. The van der Waals surface area contributed by atoms with E-state index in [9.17, 15) is 18.8 Å². The normalized spacial score (nSPS) is 25.1. The summed E-state index contributed by atoms with van der Waals surface area (Å²) in [5.74, 6) is -3.12. The standard InChI is InChI=1S/C12H8FNO4/c13-9-5-8(9)12(17)18-14-10(15)6-3-1-2-4-7(6)11(14)16/h1-4,8-9H,5H2/t8-,9-/m1/s1. The van der Waals surface area contributed by atoms with Gasteiger partial charge in [-0.15, -0.1) is 0 Å². The predicted molar refractivity (Wildman–Crippen MR) is 56.0 cm³/mol. The van der Waals surface area contributed by atoms with Crippen molar-refractivity contribution in [3.63, 3.8) is 0 Å². The maximum Gasteiger partial charge on any atom is 0.339 e. The smallest absolute Gasteiger partial charge is 0.329 e. The second kappa shape index (κ2) is 3.63. The summed E-state index contributed by atoms with van der Waals surface area (Å²) in [6.07, 6.45) is -1.14. The molecule has 0 bridgehead atoms. The minimum atomic E-state index is -1.23. The Labute approximate surface area is 101 Å². The molecule has 0 spiro atoms. The van der Waals surface area contributed by atoms with Gasteiger partial charge in [0, 0.05) is 0 Å². The molecule has 1 heterocycles. The highest BCUT2D eigenvalue weighted by Gasteiger charge is 2.48. The molecule has 1 fully saturated rings. The molecule has 2 aliphatic rings. The molecule has 1 aromatic rings. The van der Waals surface area contributed by atoms with Crippen LogP contribution < -0.4 is 0 Å². The Bertz CT molecular complexity index is 536. The van der Waals surface area contributed by atoms with Gasteiger partial charge in [0.2, 0.25) is 0 Å². The Hall–Kier alpha value is -2.24. The van der Waals surface area contributed by atoms with E-state index in [1.54, 1.807) is 12.1 Å². The number of imide groups is 1. The van der Waals surface area contributed by atoms with Crippen LogP contribution in [0.4, 0.5) is 4.39 Å². The SMILES string of the molecule is O=C(ON1C(=O)c2ccccc2C1=O)[C@@H]1C[C@H]1F. The summed E-state index contributed by atoms with van der Waals surface area (Å²) in [5, 5.41) is 0.401. The number of hydrogen-bond donors (Lipinski definition) is 0. The fraction of sp³-hybridized carbons (Fsp3) is 0.250. The van der Waals surface area contributed by atoms with E-state index in [0.717, 1.165) is 0 Å². The first-order valence-electron chi connectivity index (χ1n) is 5.43. The molecular weight excluding hydrogens is 241 g/mol. The molecule has 92 valence electrons. The molecule has 2 atom stereocenters. The second-order valence-corrected chi connectivity index (χ2v) is 4.22. The van der Waals surface area contributed by atoms with Crippen LogP contribution in [-0.4, -0.2) is 29.0 Å². The first kappa shape index (κ1) is 10.9. The van der Waals surface area contributed by atoms with Gasteiger partial charge in [-0.05, 0) is 18.6 Å². The average molecular weight is 249 g/mol. The van der Waals surface area contributed by atoms with E-state index in [0.29, 0.717) is 5.06 Å². The monoisotopic (exact) mass is 249 g/mol. The largest absolute Gasteiger partial charge is 0.339 e. The average Bonchev–Trinajstić information content (AvgIpc) is 3.06. The number of hydrogen-bond acceptors (Lipinski definition) is 4. The Morgan fingerprint density at radius 1 is 1.22 bits per heavy atom. The fourth-order valence-corrected chi connectivity index (χ4v) is 1.82. The zero-order valence-electron chi connectivity index (χ0n) is 9.13. The number of hydroxylamine groups is 2. The van der Waals surface area contributed by atoms with Crippen LogP contribution in [0.15, 0.2) is 24.3 Å². The number of rotatable bonds is 2. The molecule has 0 radical (unpaired) electrons. The number of alkyl halides is 1. The van der Waals surface area contributed by atoms with Crippen LogP contribution in [-0.2, 0) is 9.63 Å². The summed E-state index contributed by atoms with van der Waals surface area (Å²) < 4.78 is 12.7. The Morgan fingerprint density at radius 3 is 2.17 bits per heavy atom. The molecule has 1 aliphatic carbocycles. The maximum atomic E-state index is 12.7. The zero-order valence-corrected chi connectivity index (χ0v) is 9.13. The van der Waals surface area contributed by atoms with Gasteiger partial charge in [-0.1, -0.05) is 17.2 Å². The minimum Gasteiger partial charge on any atom is -0.329 e. The molecule has 1 aromatic carbocycles. The molecule has 5 nitrogen and oxygen atoms in total. The van der Waals surface area contributed by atoms with E-state index in [-0.39, 0.29) is 17.5 Å². The van der Waals surface area contributed by atoms with Gasteiger partial charge >= 0.3 is 5.97 Å². The third kappa shape index (κ3) is 1.49. The second-order valence-electron chi connectivity index (χ2n) is 4.22. The van der Waals surface area contributed by atoms with Gasteiger partial charge in [0.15, 0.2) is 0 Å². The van der Waals surface area contributed by atoms with Crippen LogP contribution in [0.3, 0.4) is 0 Å².